The molecule has 1 aliphatic carbocycles. The molecule has 2 N–H and O–H groups in total. The second-order valence-electron chi connectivity index (χ2n) is 6.80. The van der Waals surface area contributed by atoms with Gasteiger partial charge in [-0.2, -0.15) is 0 Å². The van der Waals surface area contributed by atoms with Crippen LogP contribution in [0.3, 0.4) is 0 Å². The van der Waals surface area contributed by atoms with Crippen LogP contribution in [0, 0.1) is 5.92 Å². The molecule has 1 fully saturated rings. The third kappa shape index (κ3) is 9.92. The summed E-state index contributed by atoms with van der Waals surface area (Å²) in [4.78, 5) is 44.7. The highest BCUT2D eigenvalue weighted by atomic mass is 31.2. The molecule has 0 aromatic rings. The first-order valence-electron chi connectivity index (χ1n) is 9.18. The molecule has 26 heavy (non-hydrogen) atoms. The molecule has 0 aromatic carbocycles. The number of hydrogen-bond donors (Lipinski definition) is 2. The number of amides is 1. The van der Waals surface area contributed by atoms with Crippen molar-refractivity contribution in [2.45, 2.75) is 65.1 Å². The fourth-order valence-corrected chi connectivity index (χ4v) is 4.97. The first-order chi connectivity index (χ1) is 12.2. The normalized spacial score (nSPS) is 18.4. The summed E-state index contributed by atoms with van der Waals surface area (Å²) < 4.78 is 21.9. The topological polar surface area (TPSA) is 119 Å². The van der Waals surface area contributed by atoms with Crippen molar-refractivity contribution in [3.05, 3.63) is 0 Å². The van der Waals surface area contributed by atoms with Crippen LogP contribution in [0.25, 0.3) is 0 Å². The van der Waals surface area contributed by atoms with Crippen LogP contribution in [0.15, 0.2) is 0 Å². The van der Waals surface area contributed by atoms with Gasteiger partial charge in [-0.3, -0.25) is 14.2 Å². The van der Waals surface area contributed by atoms with Crippen LogP contribution in [0.1, 0.15) is 58.8 Å². The van der Waals surface area contributed by atoms with Gasteiger partial charge < -0.3 is 19.7 Å². The molecule has 0 aliphatic heterocycles. The van der Waals surface area contributed by atoms with Gasteiger partial charge in [0.15, 0.2) is 5.78 Å². The Balaban J connectivity index is 2.28. The Morgan fingerprint density at radius 2 is 1.85 bits per heavy atom. The molecule has 0 saturated heterocycles. The van der Waals surface area contributed by atoms with Gasteiger partial charge in [-0.15, -0.1) is 0 Å². The van der Waals surface area contributed by atoms with Crippen LogP contribution in [0.5, 0.6) is 0 Å². The second-order valence-corrected chi connectivity index (χ2v) is 9.17. The van der Waals surface area contributed by atoms with Gasteiger partial charge in [-0.1, -0.05) is 26.2 Å². The molecule has 0 spiro atoms. The summed E-state index contributed by atoms with van der Waals surface area (Å²) in [5, 5.41) is 2.21. The van der Waals surface area contributed by atoms with Crippen molar-refractivity contribution in [1.29, 1.82) is 0 Å². The standard InChI is InChI=1S/C17H30NO7P/c1-3-7-16(20)24-13(2)25-17(21)18-10-15(19)12-26(22,23)11-14-8-5-4-6-9-14/h13-14H,3-12H2,1-2H3,(H,18,21)(H,22,23). The summed E-state index contributed by atoms with van der Waals surface area (Å²) in [7, 11) is -3.54. The summed E-state index contributed by atoms with van der Waals surface area (Å²) in [5.74, 6) is -0.809. The first-order valence-corrected chi connectivity index (χ1v) is 11.2. The van der Waals surface area contributed by atoms with Gasteiger partial charge in [-0.25, -0.2) is 4.79 Å². The van der Waals surface area contributed by atoms with E-state index in [1.165, 1.54) is 6.92 Å². The van der Waals surface area contributed by atoms with Crippen LogP contribution in [-0.4, -0.2) is 47.9 Å². The molecular weight excluding hydrogens is 361 g/mol. The van der Waals surface area contributed by atoms with E-state index in [4.69, 9.17) is 9.47 Å². The molecule has 0 radical (unpaired) electrons. The van der Waals surface area contributed by atoms with E-state index in [1.54, 1.807) is 0 Å². The minimum Gasteiger partial charge on any atom is -0.425 e. The Labute approximate surface area is 154 Å². The summed E-state index contributed by atoms with van der Waals surface area (Å²) in [6.07, 6.45) is 3.70. The summed E-state index contributed by atoms with van der Waals surface area (Å²) in [5.41, 5.74) is 0. The Morgan fingerprint density at radius 3 is 2.46 bits per heavy atom. The van der Waals surface area contributed by atoms with Gasteiger partial charge in [0.1, 0.15) is 0 Å². The number of carbonyl (C=O) groups is 3. The summed E-state index contributed by atoms with van der Waals surface area (Å²) >= 11 is 0. The molecular formula is C17H30NO7P. The summed E-state index contributed by atoms with van der Waals surface area (Å²) in [6.45, 7) is 2.81. The lowest BCUT2D eigenvalue weighted by atomic mass is 9.91. The minimum absolute atomic E-state index is 0.160. The fourth-order valence-electron chi connectivity index (χ4n) is 3.00. The van der Waals surface area contributed by atoms with Crippen molar-refractivity contribution < 1.29 is 33.3 Å². The van der Waals surface area contributed by atoms with Crippen molar-refractivity contribution in [3.63, 3.8) is 0 Å². The molecule has 150 valence electrons. The third-order valence-corrected chi connectivity index (χ3v) is 6.08. The zero-order valence-corrected chi connectivity index (χ0v) is 16.5. The number of esters is 1. The Kier molecular flexibility index (Phi) is 9.88. The number of ketones is 1. The number of nitrogens with one attached hydrogen (secondary N) is 1. The zero-order valence-electron chi connectivity index (χ0n) is 15.6. The SMILES string of the molecule is CCCC(=O)OC(C)OC(=O)NCC(=O)CP(=O)(O)CC1CCCCC1. The molecule has 0 aromatic heterocycles. The molecule has 2 unspecified atom stereocenters. The van der Waals surface area contributed by atoms with E-state index >= 15 is 0 Å². The Bertz CT molecular complexity index is 531. The molecule has 2 atom stereocenters. The highest BCUT2D eigenvalue weighted by molar-refractivity contribution is 7.59. The van der Waals surface area contributed by atoms with Crippen LogP contribution in [0.4, 0.5) is 4.79 Å². The molecule has 0 heterocycles. The molecule has 1 rings (SSSR count). The van der Waals surface area contributed by atoms with E-state index in [9.17, 15) is 23.8 Å². The van der Waals surface area contributed by atoms with Crippen LogP contribution in [0.2, 0.25) is 0 Å². The van der Waals surface area contributed by atoms with E-state index < -0.39 is 44.2 Å². The van der Waals surface area contributed by atoms with E-state index in [-0.39, 0.29) is 18.5 Å². The number of hydrogen-bond acceptors (Lipinski definition) is 6. The van der Waals surface area contributed by atoms with Crippen LogP contribution < -0.4 is 5.32 Å². The maximum atomic E-state index is 12.2. The quantitative estimate of drug-likeness (QED) is 0.334. The van der Waals surface area contributed by atoms with Crippen molar-refractivity contribution in [2.24, 2.45) is 5.92 Å². The highest BCUT2D eigenvalue weighted by Crippen LogP contribution is 2.45. The number of Topliss-reactive ketones (excluding diaryl/α,β-unsaturated/α-hetero) is 1. The van der Waals surface area contributed by atoms with E-state index in [0.717, 1.165) is 32.1 Å². The molecule has 0 bridgehead atoms. The van der Waals surface area contributed by atoms with E-state index in [1.807, 2.05) is 6.92 Å². The molecule has 1 saturated carbocycles. The van der Waals surface area contributed by atoms with Gasteiger partial charge in [0, 0.05) is 19.5 Å². The maximum absolute atomic E-state index is 12.2. The lowest BCUT2D eigenvalue weighted by molar-refractivity contribution is -0.164. The average molecular weight is 391 g/mol. The van der Waals surface area contributed by atoms with Crippen molar-refractivity contribution in [1.82, 2.24) is 5.32 Å². The predicted octanol–water partition coefficient (Wildman–Crippen LogP) is 2.82. The average Bonchev–Trinajstić information content (AvgIpc) is 2.53. The van der Waals surface area contributed by atoms with Crippen molar-refractivity contribution in [3.8, 4) is 0 Å². The Morgan fingerprint density at radius 1 is 1.19 bits per heavy atom. The number of alkyl carbamates (subject to hydrolysis) is 1. The largest absolute Gasteiger partial charge is 0.425 e. The van der Waals surface area contributed by atoms with Crippen LogP contribution >= 0.6 is 7.37 Å². The zero-order chi connectivity index (χ0) is 19.6. The Hall–Kier alpha value is -1.40. The monoisotopic (exact) mass is 391 g/mol. The van der Waals surface area contributed by atoms with Gasteiger partial charge in [0.25, 0.3) is 0 Å². The van der Waals surface area contributed by atoms with Gasteiger partial charge in [0.05, 0.1) is 12.7 Å². The highest BCUT2D eigenvalue weighted by Gasteiger charge is 2.28. The lowest BCUT2D eigenvalue weighted by Crippen LogP contribution is -2.34. The molecule has 9 heteroatoms. The number of carbonyl (C=O) groups excluding carboxylic acids is 3. The lowest BCUT2D eigenvalue weighted by Gasteiger charge is -2.23. The number of ether oxygens (including phenoxy) is 2. The minimum atomic E-state index is -3.54. The fraction of sp³-hybridized carbons (Fsp3) is 0.824. The van der Waals surface area contributed by atoms with E-state index in [0.29, 0.717) is 6.42 Å². The smallest absolute Gasteiger partial charge is 0.410 e. The van der Waals surface area contributed by atoms with Crippen LogP contribution in [-0.2, 0) is 23.6 Å². The first kappa shape index (κ1) is 22.6. The van der Waals surface area contributed by atoms with Gasteiger partial charge in [0.2, 0.25) is 13.7 Å². The van der Waals surface area contributed by atoms with Crippen molar-refractivity contribution >= 4 is 25.2 Å². The summed E-state index contributed by atoms with van der Waals surface area (Å²) in [6, 6.07) is 0. The van der Waals surface area contributed by atoms with E-state index in [2.05, 4.69) is 5.32 Å². The molecule has 1 aliphatic rings. The molecule has 1 amide bonds. The third-order valence-electron chi connectivity index (χ3n) is 4.15. The molecule has 8 nitrogen and oxygen atoms in total. The second kappa shape index (κ2) is 11.3. The maximum Gasteiger partial charge on any atom is 0.410 e. The van der Waals surface area contributed by atoms with Gasteiger partial charge in [-0.05, 0) is 25.2 Å². The number of rotatable bonds is 10. The van der Waals surface area contributed by atoms with Crippen molar-refractivity contribution in [2.75, 3.05) is 18.9 Å². The van der Waals surface area contributed by atoms with Gasteiger partial charge >= 0.3 is 12.1 Å². The predicted molar refractivity (Wildman–Crippen MR) is 96.1 cm³/mol.